The summed E-state index contributed by atoms with van der Waals surface area (Å²) in [5.74, 6) is -1.19. The molecule has 3 N–H and O–H groups in total. The zero-order chi connectivity index (χ0) is 16.2. The second-order valence-corrected chi connectivity index (χ2v) is 6.17. The highest BCUT2D eigenvalue weighted by atomic mass is 19.1. The molecule has 2 amide bonds. The van der Waals surface area contributed by atoms with E-state index in [0.29, 0.717) is 31.2 Å². The predicted octanol–water partition coefficient (Wildman–Crippen LogP) is 2.31. The number of amides is 2. The molecule has 1 atom stereocenters. The number of aryl methyl sites for hydroxylation is 1. The van der Waals surface area contributed by atoms with Crippen LogP contribution >= 0.6 is 0 Å². The Labute approximate surface area is 130 Å². The van der Waals surface area contributed by atoms with Crippen molar-refractivity contribution >= 4 is 11.8 Å². The van der Waals surface area contributed by atoms with Crippen LogP contribution in [0.25, 0.3) is 0 Å². The summed E-state index contributed by atoms with van der Waals surface area (Å²) in [6, 6.07) is 6.57. The zero-order valence-corrected chi connectivity index (χ0v) is 12.9. The SMILES string of the molecule is CC(CCc1ccccc1F)C(=O)NC1(C(N)=O)CCCC1. The molecule has 1 aromatic carbocycles. The second kappa shape index (κ2) is 6.90. The summed E-state index contributed by atoms with van der Waals surface area (Å²) in [5.41, 5.74) is 5.18. The van der Waals surface area contributed by atoms with Crippen LogP contribution in [0.2, 0.25) is 0 Å². The van der Waals surface area contributed by atoms with Crippen LogP contribution in [0.3, 0.4) is 0 Å². The van der Waals surface area contributed by atoms with Gasteiger partial charge in [0.15, 0.2) is 0 Å². The van der Waals surface area contributed by atoms with E-state index in [1.54, 1.807) is 25.1 Å². The highest BCUT2D eigenvalue weighted by Crippen LogP contribution is 2.30. The van der Waals surface area contributed by atoms with Gasteiger partial charge in [0, 0.05) is 5.92 Å². The summed E-state index contributed by atoms with van der Waals surface area (Å²) in [5, 5.41) is 2.84. The number of hydrogen-bond donors (Lipinski definition) is 2. The lowest BCUT2D eigenvalue weighted by Gasteiger charge is -2.28. The molecular formula is C17H23FN2O2. The van der Waals surface area contributed by atoms with Crippen LogP contribution in [-0.4, -0.2) is 17.4 Å². The van der Waals surface area contributed by atoms with E-state index in [9.17, 15) is 14.0 Å². The van der Waals surface area contributed by atoms with E-state index in [2.05, 4.69) is 5.32 Å². The Balaban J connectivity index is 1.92. The first-order chi connectivity index (χ1) is 10.4. The fourth-order valence-corrected chi connectivity index (χ4v) is 2.97. The normalized spacial score (nSPS) is 17.9. The first kappa shape index (κ1) is 16.5. The number of carbonyl (C=O) groups excluding carboxylic acids is 2. The minimum absolute atomic E-state index is 0.183. The molecule has 1 unspecified atom stereocenters. The summed E-state index contributed by atoms with van der Waals surface area (Å²) < 4.78 is 13.6. The number of nitrogens with one attached hydrogen (secondary N) is 1. The number of hydrogen-bond acceptors (Lipinski definition) is 2. The van der Waals surface area contributed by atoms with Crippen molar-refractivity contribution in [3.63, 3.8) is 0 Å². The Kier molecular flexibility index (Phi) is 5.16. The molecule has 4 nitrogen and oxygen atoms in total. The van der Waals surface area contributed by atoms with Crippen molar-refractivity contribution in [3.05, 3.63) is 35.6 Å². The molecule has 0 bridgehead atoms. The first-order valence-electron chi connectivity index (χ1n) is 7.80. The van der Waals surface area contributed by atoms with E-state index >= 15 is 0 Å². The third kappa shape index (κ3) is 3.64. The highest BCUT2D eigenvalue weighted by Gasteiger charge is 2.41. The molecule has 0 heterocycles. The van der Waals surface area contributed by atoms with Gasteiger partial charge in [-0.2, -0.15) is 0 Å². The molecule has 22 heavy (non-hydrogen) atoms. The van der Waals surface area contributed by atoms with Crippen molar-refractivity contribution in [1.82, 2.24) is 5.32 Å². The molecule has 1 saturated carbocycles. The number of carbonyl (C=O) groups is 2. The van der Waals surface area contributed by atoms with Gasteiger partial charge in [-0.3, -0.25) is 9.59 Å². The molecule has 1 aromatic rings. The van der Waals surface area contributed by atoms with E-state index in [1.807, 2.05) is 0 Å². The summed E-state index contributed by atoms with van der Waals surface area (Å²) in [6.45, 7) is 1.79. The lowest BCUT2D eigenvalue weighted by molar-refractivity contribution is -0.133. The molecule has 1 fully saturated rings. The van der Waals surface area contributed by atoms with E-state index in [0.717, 1.165) is 12.8 Å². The third-order valence-corrected chi connectivity index (χ3v) is 4.54. The van der Waals surface area contributed by atoms with Crippen molar-refractivity contribution in [3.8, 4) is 0 Å². The maximum absolute atomic E-state index is 13.6. The molecule has 5 heteroatoms. The Morgan fingerprint density at radius 2 is 1.95 bits per heavy atom. The van der Waals surface area contributed by atoms with Gasteiger partial charge < -0.3 is 11.1 Å². The molecule has 2 rings (SSSR count). The molecule has 1 aliphatic carbocycles. The summed E-state index contributed by atoms with van der Waals surface area (Å²) in [7, 11) is 0. The van der Waals surface area contributed by atoms with Crippen LogP contribution in [0.5, 0.6) is 0 Å². The van der Waals surface area contributed by atoms with Gasteiger partial charge in [-0.25, -0.2) is 4.39 Å². The molecular weight excluding hydrogens is 283 g/mol. The average molecular weight is 306 g/mol. The molecule has 0 saturated heterocycles. The third-order valence-electron chi connectivity index (χ3n) is 4.54. The molecule has 0 spiro atoms. The lowest BCUT2D eigenvalue weighted by atomic mass is 9.94. The fraction of sp³-hybridized carbons (Fsp3) is 0.529. The monoisotopic (exact) mass is 306 g/mol. The average Bonchev–Trinajstić information content (AvgIpc) is 2.96. The summed E-state index contributed by atoms with van der Waals surface area (Å²) in [6.07, 6.45) is 4.02. The number of nitrogens with two attached hydrogens (primary N) is 1. The number of rotatable bonds is 6. The van der Waals surface area contributed by atoms with Crippen LogP contribution in [0.15, 0.2) is 24.3 Å². The molecule has 1 aliphatic rings. The predicted molar refractivity (Wildman–Crippen MR) is 82.4 cm³/mol. The van der Waals surface area contributed by atoms with E-state index in [-0.39, 0.29) is 17.6 Å². The summed E-state index contributed by atoms with van der Waals surface area (Å²) >= 11 is 0. The molecule has 0 aliphatic heterocycles. The summed E-state index contributed by atoms with van der Waals surface area (Å²) in [4.78, 5) is 24.0. The smallest absolute Gasteiger partial charge is 0.243 e. The Bertz CT molecular complexity index is 553. The largest absolute Gasteiger partial charge is 0.368 e. The van der Waals surface area contributed by atoms with Crippen LogP contribution < -0.4 is 11.1 Å². The van der Waals surface area contributed by atoms with Gasteiger partial charge in [-0.15, -0.1) is 0 Å². The topological polar surface area (TPSA) is 72.2 Å². The number of benzene rings is 1. The minimum Gasteiger partial charge on any atom is -0.368 e. The van der Waals surface area contributed by atoms with Crippen molar-refractivity contribution in [2.24, 2.45) is 11.7 Å². The fourth-order valence-electron chi connectivity index (χ4n) is 2.97. The standard InChI is InChI=1S/C17H23FN2O2/c1-12(8-9-13-6-2-3-7-14(13)18)15(21)20-17(16(19)22)10-4-5-11-17/h2-3,6-7,12H,4-5,8-11H2,1H3,(H2,19,22)(H,20,21). The van der Waals surface area contributed by atoms with E-state index in [4.69, 9.17) is 5.73 Å². The van der Waals surface area contributed by atoms with Gasteiger partial charge in [0.2, 0.25) is 11.8 Å². The second-order valence-electron chi connectivity index (χ2n) is 6.17. The first-order valence-corrected chi connectivity index (χ1v) is 7.80. The van der Waals surface area contributed by atoms with Crippen LogP contribution in [0, 0.1) is 11.7 Å². The van der Waals surface area contributed by atoms with E-state index in [1.165, 1.54) is 6.07 Å². The zero-order valence-electron chi connectivity index (χ0n) is 12.9. The van der Waals surface area contributed by atoms with Gasteiger partial charge in [-0.05, 0) is 37.3 Å². The lowest BCUT2D eigenvalue weighted by Crippen LogP contribution is -2.56. The van der Waals surface area contributed by atoms with Gasteiger partial charge in [-0.1, -0.05) is 38.0 Å². The Morgan fingerprint density at radius 3 is 2.55 bits per heavy atom. The van der Waals surface area contributed by atoms with Gasteiger partial charge in [0.1, 0.15) is 11.4 Å². The van der Waals surface area contributed by atoms with Crippen molar-refractivity contribution < 1.29 is 14.0 Å². The quantitative estimate of drug-likeness (QED) is 0.846. The maximum Gasteiger partial charge on any atom is 0.243 e. The molecule has 120 valence electrons. The molecule has 0 radical (unpaired) electrons. The Morgan fingerprint density at radius 1 is 1.32 bits per heavy atom. The number of halogens is 1. The van der Waals surface area contributed by atoms with Crippen LogP contribution in [0.4, 0.5) is 4.39 Å². The minimum atomic E-state index is -0.886. The Hall–Kier alpha value is -1.91. The van der Waals surface area contributed by atoms with Gasteiger partial charge in [0.05, 0.1) is 0 Å². The van der Waals surface area contributed by atoms with Crippen molar-refractivity contribution in [1.29, 1.82) is 0 Å². The van der Waals surface area contributed by atoms with Crippen molar-refractivity contribution in [2.75, 3.05) is 0 Å². The van der Waals surface area contributed by atoms with Gasteiger partial charge in [0.25, 0.3) is 0 Å². The molecule has 0 aromatic heterocycles. The number of primary amides is 1. The van der Waals surface area contributed by atoms with Crippen molar-refractivity contribution in [2.45, 2.75) is 51.0 Å². The maximum atomic E-state index is 13.6. The van der Waals surface area contributed by atoms with E-state index < -0.39 is 11.4 Å². The highest BCUT2D eigenvalue weighted by molar-refractivity contribution is 5.91. The van der Waals surface area contributed by atoms with Crippen LogP contribution in [0.1, 0.15) is 44.6 Å². The van der Waals surface area contributed by atoms with Gasteiger partial charge >= 0.3 is 0 Å². The van der Waals surface area contributed by atoms with Crippen LogP contribution in [-0.2, 0) is 16.0 Å².